The van der Waals surface area contributed by atoms with Crippen LogP contribution in [0.4, 0.5) is 17.2 Å². The van der Waals surface area contributed by atoms with Gasteiger partial charge in [0.1, 0.15) is 11.5 Å². The van der Waals surface area contributed by atoms with Gasteiger partial charge in [0, 0.05) is 40.8 Å². The number of pyridine rings is 2. The third-order valence-corrected chi connectivity index (χ3v) is 4.79. The summed E-state index contributed by atoms with van der Waals surface area (Å²) in [6.07, 6.45) is 5.58. The Kier molecular flexibility index (Phi) is 4.76. The second-order valence-electron chi connectivity index (χ2n) is 6.82. The van der Waals surface area contributed by atoms with Crippen LogP contribution in [0, 0.1) is 0 Å². The zero-order valence-electron chi connectivity index (χ0n) is 16.2. The first-order valence-corrected chi connectivity index (χ1v) is 9.71. The van der Waals surface area contributed by atoms with Gasteiger partial charge in [-0.3, -0.25) is 0 Å². The van der Waals surface area contributed by atoms with E-state index in [1.54, 1.807) is 6.20 Å². The minimum absolute atomic E-state index is 0.782. The summed E-state index contributed by atoms with van der Waals surface area (Å²) in [7, 11) is 0. The summed E-state index contributed by atoms with van der Waals surface area (Å²) in [6, 6.07) is 27.9. The number of anilines is 2. The summed E-state index contributed by atoms with van der Waals surface area (Å²) in [5, 5.41) is 4.34. The summed E-state index contributed by atoms with van der Waals surface area (Å²) in [5.41, 5.74) is 5.49. The maximum atomic E-state index is 4.94. The number of benzene rings is 2. The van der Waals surface area contributed by atoms with Crippen LogP contribution in [0.5, 0.6) is 0 Å². The van der Waals surface area contributed by atoms with Crippen LogP contribution in [0.25, 0.3) is 11.0 Å². The molecule has 0 radical (unpaired) electrons. The Bertz CT molecular complexity index is 1290. The van der Waals surface area contributed by atoms with Crippen molar-refractivity contribution < 1.29 is 0 Å². The molecule has 0 unspecified atom stereocenters. The van der Waals surface area contributed by atoms with Gasteiger partial charge in [-0.15, -0.1) is 0 Å². The molecular weight excluding hydrogens is 370 g/mol. The fourth-order valence-corrected chi connectivity index (χ4v) is 3.34. The fraction of sp³-hybridized carbons (Fsp3) is 0. The molecule has 5 aromatic rings. The first-order chi connectivity index (χ1) is 14.9. The molecule has 5 nitrogen and oxygen atoms in total. The number of rotatable bonds is 5. The second kappa shape index (κ2) is 8.01. The zero-order valence-corrected chi connectivity index (χ0v) is 16.2. The van der Waals surface area contributed by atoms with Crippen molar-refractivity contribution in [3.8, 4) is 0 Å². The van der Waals surface area contributed by atoms with Gasteiger partial charge in [0.25, 0.3) is 0 Å². The Balaban J connectivity index is 1.56. The summed E-state index contributed by atoms with van der Waals surface area (Å²) in [6.45, 7) is 0. The highest BCUT2D eigenvalue weighted by Crippen LogP contribution is 2.24. The fourth-order valence-electron chi connectivity index (χ4n) is 3.34. The van der Waals surface area contributed by atoms with E-state index in [2.05, 4.69) is 20.3 Å². The number of fused-ring (bicyclic) bond motifs is 1. The lowest BCUT2D eigenvalue weighted by Gasteiger charge is -2.09. The van der Waals surface area contributed by atoms with Gasteiger partial charge in [0.2, 0.25) is 0 Å². The van der Waals surface area contributed by atoms with Gasteiger partial charge in [-0.2, -0.15) is 0 Å². The minimum Gasteiger partial charge on any atom is -0.345 e. The van der Waals surface area contributed by atoms with Crippen LogP contribution in [0.3, 0.4) is 0 Å². The average molecular weight is 389 g/mol. The molecule has 2 N–H and O–H groups in total. The van der Waals surface area contributed by atoms with Crippen LogP contribution < -0.4 is 5.32 Å². The highest BCUT2D eigenvalue weighted by atomic mass is 15.0. The number of hydrogen-bond acceptors (Lipinski definition) is 4. The highest BCUT2D eigenvalue weighted by molar-refractivity contribution is 6.19. The predicted octanol–water partition coefficient (Wildman–Crippen LogP) is 5.87. The Morgan fingerprint density at radius 3 is 2.37 bits per heavy atom. The minimum atomic E-state index is 0.782. The summed E-state index contributed by atoms with van der Waals surface area (Å²) < 4.78 is 0. The van der Waals surface area contributed by atoms with Gasteiger partial charge >= 0.3 is 0 Å². The summed E-state index contributed by atoms with van der Waals surface area (Å²) in [4.78, 5) is 17.2. The van der Waals surface area contributed by atoms with Gasteiger partial charge in [-0.1, -0.05) is 36.4 Å². The average Bonchev–Trinajstić information content (AvgIpc) is 3.24. The number of para-hydroxylation sites is 2. The van der Waals surface area contributed by atoms with Gasteiger partial charge in [-0.25, -0.2) is 15.0 Å². The molecule has 0 spiro atoms. The number of aromatic nitrogens is 3. The SMILES string of the molecule is c1ccc(N=C(c2ccc(Nc3ccccc3)nc2)c2c[nH]c3ncccc23)cc1. The number of H-pyrrole nitrogens is 1. The summed E-state index contributed by atoms with van der Waals surface area (Å²) >= 11 is 0. The number of aromatic amines is 1. The van der Waals surface area contributed by atoms with Gasteiger partial charge in [0.15, 0.2) is 0 Å². The molecule has 0 fully saturated rings. The highest BCUT2D eigenvalue weighted by Gasteiger charge is 2.14. The number of nitrogens with one attached hydrogen (secondary N) is 2. The van der Waals surface area contributed by atoms with Crippen LogP contribution in [0.15, 0.2) is 109 Å². The van der Waals surface area contributed by atoms with Crippen molar-refractivity contribution in [2.75, 3.05) is 5.32 Å². The maximum Gasteiger partial charge on any atom is 0.137 e. The second-order valence-corrected chi connectivity index (χ2v) is 6.82. The molecule has 5 heteroatoms. The normalized spacial score (nSPS) is 11.5. The lowest BCUT2D eigenvalue weighted by Crippen LogP contribution is -2.04. The quantitative estimate of drug-likeness (QED) is 0.369. The van der Waals surface area contributed by atoms with Gasteiger partial charge in [0.05, 0.1) is 11.4 Å². The molecule has 0 saturated carbocycles. The summed E-state index contributed by atoms with van der Waals surface area (Å²) in [5.74, 6) is 0.782. The molecule has 144 valence electrons. The maximum absolute atomic E-state index is 4.94. The van der Waals surface area contributed by atoms with E-state index in [9.17, 15) is 0 Å². The van der Waals surface area contributed by atoms with Crippen LogP contribution in [-0.2, 0) is 0 Å². The Hall–Kier alpha value is -4.25. The van der Waals surface area contributed by atoms with E-state index in [1.807, 2.05) is 97.3 Å². The molecule has 3 aromatic heterocycles. The van der Waals surface area contributed by atoms with Crippen LogP contribution in [-0.4, -0.2) is 20.7 Å². The van der Waals surface area contributed by atoms with Crippen molar-refractivity contribution in [3.63, 3.8) is 0 Å². The monoisotopic (exact) mass is 389 g/mol. The third-order valence-electron chi connectivity index (χ3n) is 4.79. The first kappa shape index (κ1) is 17.8. The number of hydrogen-bond donors (Lipinski definition) is 2. The van der Waals surface area contributed by atoms with Crippen molar-refractivity contribution in [1.82, 2.24) is 15.0 Å². The Morgan fingerprint density at radius 2 is 1.60 bits per heavy atom. The van der Waals surface area contributed by atoms with E-state index in [4.69, 9.17) is 4.99 Å². The van der Waals surface area contributed by atoms with Crippen molar-refractivity contribution in [2.45, 2.75) is 0 Å². The van der Waals surface area contributed by atoms with Crippen LogP contribution in [0.1, 0.15) is 11.1 Å². The molecular formula is C25H19N5. The first-order valence-electron chi connectivity index (χ1n) is 9.71. The molecule has 0 aliphatic heterocycles. The lowest BCUT2D eigenvalue weighted by atomic mass is 10.0. The molecule has 0 atom stereocenters. The van der Waals surface area contributed by atoms with E-state index in [0.717, 1.165) is 45.1 Å². The number of nitrogens with zero attached hydrogens (tertiary/aromatic N) is 3. The molecule has 2 aromatic carbocycles. The largest absolute Gasteiger partial charge is 0.345 e. The molecule has 0 aliphatic carbocycles. The lowest BCUT2D eigenvalue weighted by molar-refractivity contribution is 1.29. The topological polar surface area (TPSA) is 66.0 Å². The van der Waals surface area contributed by atoms with Crippen molar-refractivity contribution in [1.29, 1.82) is 0 Å². The Labute approximate surface area is 174 Å². The standard InChI is InChI=1S/C25H19N5/c1-3-8-19(9-4-1)29-23-14-13-18(16-27-23)24(30-20-10-5-2-6-11-20)22-17-28-25-21(22)12-7-15-26-25/h1-17H,(H,26,28)(H,27,29). The van der Waals surface area contributed by atoms with Gasteiger partial charge < -0.3 is 10.3 Å². The molecule has 0 saturated heterocycles. The molecule has 0 amide bonds. The van der Waals surface area contributed by atoms with Crippen molar-refractivity contribution in [3.05, 3.63) is 115 Å². The zero-order chi connectivity index (χ0) is 20.2. The van der Waals surface area contributed by atoms with Crippen molar-refractivity contribution in [2.24, 2.45) is 4.99 Å². The predicted molar refractivity (Wildman–Crippen MR) is 122 cm³/mol. The third kappa shape index (κ3) is 3.69. The van der Waals surface area contributed by atoms with E-state index in [0.29, 0.717) is 0 Å². The molecule has 30 heavy (non-hydrogen) atoms. The van der Waals surface area contributed by atoms with E-state index in [1.165, 1.54) is 0 Å². The molecule has 5 rings (SSSR count). The van der Waals surface area contributed by atoms with Gasteiger partial charge in [-0.05, 0) is 48.5 Å². The van der Waals surface area contributed by atoms with Crippen LogP contribution in [0.2, 0.25) is 0 Å². The van der Waals surface area contributed by atoms with Crippen molar-refractivity contribution >= 4 is 33.9 Å². The smallest absolute Gasteiger partial charge is 0.137 e. The number of aliphatic imine (C=N–C) groups is 1. The van der Waals surface area contributed by atoms with E-state index < -0.39 is 0 Å². The molecule has 3 heterocycles. The van der Waals surface area contributed by atoms with E-state index in [-0.39, 0.29) is 0 Å². The molecule has 0 aliphatic rings. The Morgan fingerprint density at radius 1 is 0.800 bits per heavy atom. The van der Waals surface area contributed by atoms with E-state index >= 15 is 0 Å². The molecule has 0 bridgehead atoms. The van der Waals surface area contributed by atoms with Crippen LogP contribution >= 0.6 is 0 Å².